The molecule has 0 saturated heterocycles. The van der Waals surface area contributed by atoms with E-state index >= 15 is 0 Å². The predicted octanol–water partition coefficient (Wildman–Crippen LogP) is 15.7. The third-order valence-electron chi connectivity index (χ3n) is 11.7. The van der Waals surface area contributed by atoms with Crippen molar-refractivity contribution in [2.24, 2.45) is 0 Å². The van der Waals surface area contributed by atoms with Gasteiger partial charge >= 0.3 is 0 Å². The van der Waals surface area contributed by atoms with Crippen LogP contribution in [0.2, 0.25) is 0 Å². The number of hydrogen-bond donors (Lipinski definition) is 0. The number of thiophene rings is 1. The van der Waals surface area contributed by atoms with Crippen molar-refractivity contribution >= 4 is 103 Å². The number of hydrogen-bond acceptors (Lipinski definition) is 2. The minimum absolute atomic E-state index is 1.12. The number of anilines is 3. The van der Waals surface area contributed by atoms with E-state index in [1.54, 1.807) is 0 Å². The average Bonchev–Trinajstić information content (AvgIpc) is 3.83. The van der Waals surface area contributed by atoms with Crippen molar-refractivity contribution < 1.29 is 0 Å². The van der Waals surface area contributed by atoms with Gasteiger partial charge in [-0.25, -0.2) is 0 Å². The van der Waals surface area contributed by atoms with E-state index in [-0.39, 0.29) is 0 Å². The van der Waals surface area contributed by atoms with Gasteiger partial charge in [0, 0.05) is 53.4 Å². The first-order valence-corrected chi connectivity index (χ1v) is 20.3. The molecule has 0 aliphatic heterocycles. The van der Waals surface area contributed by atoms with Gasteiger partial charge in [0.1, 0.15) is 0 Å². The van der Waals surface area contributed by atoms with E-state index in [4.69, 9.17) is 0 Å². The third-order valence-corrected chi connectivity index (χ3v) is 12.9. The number of rotatable bonds is 5. The van der Waals surface area contributed by atoms with Crippen LogP contribution in [0.3, 0.4) is 0 Å². The van der Waals surface area contributed by atoms with Crippen LogP contribution < -0.4 is 4.90 Å². The van der Waals surface area contributed by atoms with Crippen LogP contribution in [0.5, 0.6) is 0 Å². The van der Waals surface area contributed by atoms with Crippen LogP contribution in [0.4, 0.5) is 17.1 Å². The highest BCUT2D eigenvalue weighted by Gasteiger charge is 2.20. The summed E-state index contributed by atoms with van der Waals surface area (Å²) in [6.45, 7) is 0. The van der Waals surface area contributed by atoms with Gasteiger partial charge in [-0.1, -0.05) is 146 Å². The second kappa shape index (κ2) is 12.7. The average molecular weight is 743 g/mol. The molecule has 266 valence electrons. The Balaban J connectivity index is 1.04. The molecule has 0 aliphatic rings. The van der Waals surface area contributed by atoms with Gasteiger partial charge in [0.15, 0.2) is 0 Å². The van der Waals surface area contributed by atoms with Gasteiger partial charge in [0.25, 0.3) is 0 Å². The van der Waals surface area contributed by atoms with Gasteiger partial charge in [-0.05, 0) is 98.7 Å². The summed E-state index contributed by atoms with van der Waals surface area (Å²) in [5.41, 5.74) is 9.41. The molecule has 2 aromatic heterocycles. The normalized spacial score (nSPS) is 11.9. The van der Waals surface area contributed by atoms with Crippen LogP contribution >= 0.6 is 11.3 Å². The van der Waals surface area contributed by atoms with Crippen molar-refractivity contribution in [2.75, 3.05) is 4.90 Å². The summed E-state index contributed by atoms with van der Waals surface area (Å²) < 4.78 is 5.04. The van der Waals surface area contributed by atoms with E-state index < -0.39 is 0 Å². The fourth-order valence-electron chi connectivity index (χ4n) is 9.12. The molecule has 0 saturated carbocycles. The van der Waals surface area contributed by atoms with Crippen molar-refractivity contribution in [3.63, 3.8) is 0 Å². The lowest BCUT2D eigenvalue weighted by atomic mass is 10.00. The molecule has 57 heavy (non-hydrogen) atoms. The maximum Gasteiger partial charge on any atom is 0.0619 e. The maximum atomic E-state index is 2.45. The molecule has 0 aliphatic carbocycles. The number of nitrogens with zero attached hydrogens (tertiary/aromatic N) is 2. The molecule has 12 aromatic rings. The summed E-state index contributed by atoms with van der Waals surface area (Å²) >= 11 is 1.86. The largest absolute Gasteiger partial charge is 0.310 e. The number of para-hydroxylation sites is 1. The van der Waals surface area contributed by atoms with Gasteiger partial charge in [-0.15, -0.1) is 11.3 Å². The standard InChI is InChI=1S/C54H34N2S/c1-2-13-40(14-3-1)56-50-34-38(26-30-46(50)47-31-25-37-12-5-7-16-45(37)54(47)56)35-23-27-41(28-24-35)55(49-18-10-20-52-53(49)48-17-8-9-19-51(48)57-52)42-29-32-44-39(33-42)22-21-36-11-4-6-15-43(36)44/h1-34H. The summed E-state index contributed by atoms with van der Waals surface area (Å²) in [7, 11) is 0. The third kappa shape index (κ3) is 5.03. The van der Waals surface area contributed by atoms with E-state index in [9.17, 15) is 0 Å². The maximum absolute atomic E-state index is 2.45. The van der Waals surface area contributed by atoms with Gasteiger partial charge < -0.3 is 9.47 Å². The molecule has 0 N–H and O–H groups in total. The Hall–Kier alpha value is -7.20. The Bertz CT molecular complexity index is 3520. The van der Waals surface area contributed by atoms with Crippen LogP contribution in [0.1, 0.15) is 0 Å². The SMILES string of the molecule is c1ccc(-n2c3cc(-c4ccc(N(c5ccc6c(ccc7ccccc76)c5)c5cccc6sc7ccccc7c56)cc4)ccc3c3ccc4ccccc4c32)cc1. The first-order valence-electron chi connectivity index (χ1n) is 19.5. The highest BCUT2D eigenvalue weighted by molar-refractivity contribution is 7.26. The topological polar surface area (TPSA) is 8.17 Å². The Morgan fingerprint density at radius 1 is 0.368 bits per heavy atom. The van der Waals surface area contributed by atoms with Crippen LogP contribution in [-0.2, 0) is 0 Å². The summed E-state index contributed by atoms with van der Waals surface area (Å²) in [6.07, 6.45) is 0. The molecule has 0 amide bonds. The van der Waals surface area contributed by atoms with Crippen LogP contribution in [0.15, 0.2) is 206 Å². The minimum Gasteiger partial charge on any atom is -0.310 e. The zero-order chi connectivity index (χ0) is 37.5. The summed E-state index contributed by atoms with van der Waals surface area (Å²) in [5, 5.41) is 12.6. The Morgan fingerprint density at radius 2 is 0.982 bits per heavy atom. The van der Waals surface area contributed by atoms with Gasteiger partial charge in [-0.3, -0.25) is 0 Å². The molecule has 0 radical (unpaired) electrons. The number of aromatic nitrogens is 1. The quantitative estimate of drug-likeness (QED) is 0.159. The summed E-state index contributed by atoms with van der Waals surface area (Å²) in [6, 6.07) is 75.8. The predicted molar refractivity (Wildman–Crippen MR) is 246 cm³/mol. The lowest BCUT2D eigenvalue weighted by Gasteiger charge is -2.27. The Morgan fingerprint density at radius 3 is 1.84 bits per heavy atom. The van der Waals surface area contributed by atoms with E-state index in [0.29, 0.717) is 0 Å². The molecular formula is C54H34N2S. The fourth-order valence-corrected chi connectivity index (χ4v) is 10.2. The highest BCUT2D eigenvalue weighted by atomic mass is 32.1. The molecule has 0 fully saturated rings. The zero-order valence-corrected chi connectivity index (χ0v) is 31.7. The lowest BCUT2D eigenvalue weighted by Crippen LogP contribution is -2.10. The second-order valence-corrected chi connectivity index (χ2v) is 16.0. The Kier molecular flexibility index (Phi) is 7.13. The van der Waals surface area contributed by atoms with Crippen molar-refractivity contribution in [1.29, 1.82) is 0 Å². The number of benzene rings is 10. The van der Waals surface area contributed by atoms with E-state index in [0.717, 1.165) is 17.1 Å². The van der Waals surface area contributed by atoms with Crippen molar-refractivity contribution in [3.05, 3.63) is 206 Å². The molecule has 2 nitrogen and oxygen atoms in total. The number of fused-ring (bicyclic) bond motifs is 11. The highest BCUT2D eigenvalue weighted by Crippen LogP contribution is 2.46. The second-order valence-electron chi connectivity index (χ2n) is 14.9. The molecule has 0 bridgehead atoms. The molecule has 2 heterocycles. The molecule has 0 atom stereocenters. The Labute approximate surface area is 333 Å². The van der Waals surface area contributed by atoms with Crippen molar-refractivity contribution in [3.8, 4) is 16.8 Å². The van der Waals surface area contributed by atoms with E-state index in [1.165, 1.54) is 91.1 Å². The van der Waals surface area contributed by atoms with Crippen molar-refractivity contribution in [2.45, 2.75) is 0 Å². The first kappa shape index (κ1) is 32.1. The summed E-state index contributed by atoms with van der Waals surface area (Å²) in [5.74, 6) is 0. The van der Waals surface area contributed by atoms with Crippen molar-refractivity contribution in [1.82, 2.24) is 4.57 Å². The molecular weight excluding hydrogens is 709 g/mol. The first-order chi connectivity index (χ1) is 28.3. The minimum atomic E-state index is 1.12. The monoisotopic (exact) mass is 742 g/mol. The van der Waals surface area contributed by atoms with Gasteiger partial charge in [-0.2, -0.15) is 0 Å². The van der Waals surface area contributed by atoms with E-state index in [1.807, 2.05) is 11.3 Å². The van der Waals surface area contributed by atoms with Gasteiger partial charge in [0.2, 0.25) is 0 Å². The molecule has 0 spiro atoms. The lowest BCUT2D eigenvalue weighted by molar-refractivity contribution is 1.19. The fraction of sp³-hybridized carbons (Fsp3) is 0. The smallest absolute Gasteiger partial charge is 0.0619 e. The van der Waals surface area contributed by atoms with Crippen LogP contribution in [0.25, 0.3) is 91.1 Å². The van der Waals surface area contributed by atoms with Crippen LogP contribution in [0, 0.1) is 0 Å². The zero-order valence-electron chi connectivity index (χ0n) is 30.9. The van der Waals surface area contributed by atoms with E-state index in [2.05, 4.69) is 216 Å². The molecule has 12 rings (SSSR count). The molecule has 3 heteroatoms. The van der Waals surface area contributed by atoms with Crippen LogP contribution in [-0.4, -0.2) is 4.57 Å². The molecule has 10 aromatic carbocycles. The van der Waals surface area contributed by atoms with Gasteiger partial charge in [0.05, 0.1) is 16.7 Å². The summed E-state index contributed by atoms with van der Waals surface area (Å²) in [4.78, 5) is 2.45. The molecule has 0 unspecified atom stereocenters.